The van der Waals surface area contributed by atoms with Crippen LogP contribution in [0.1, 0.15) is 50.7 Å². The largest absolute Gasteiger partial charge is 0.493 e. The number of ether oxygens (including phenoxy) is 3. The molecular formula is C29H35FN2O11. The van der Waals surface area contributed by atoms with Gasteiger partial charge >= 0.3 is 17.9 Å². The van der Waals surface area contributed by atoms with Gasteiger partial charge in [-0.05, 0) is 43.5 Å². The zero-order valence-corrected chi connectivity index (χ0v) is 23.8. The predicted octanol–water partition coefficient (Wildman–Crippen LogP) is 2.33. The monoisotopic (exact) mass is 606 g/mol. The molecule has 0 bridgehead atoms. The first-order valence-corrected chi connectivity index (χ1v) is 13.5. The zero-order chi connectivity index (χ0) is 31.8. The summed E-state index contributed by atoms with van der Waals surface area (Å²) in [7, 11) is 0. The molecule has 1 amide bonds. The number of fused-ring (bicyclic) bond motifs is 1. The number of carbonyl (C=O) groups excluding carboxylic acids is 1. The Bertz CT molecular complexity index is 1310. The van der Waals surface area contributed by atoms with Crippen LogP contribution < -0.4 is 19.5 Å². The third kappa shape index (κ3) is 8.78. The summed E-state index contributed by atoms with van der Waals surface area (Å²) in [5, 5.41) is 36.9. The van der Waals surface area contributed by atoms with E-state index in [1.54, 1.807) is 12.1 Å². The Morgan fingerprint density at radius 3 is 2.05 bits per heavy atom. The number of aliphatic hydroxyl groups is 1. The number of carboxylic acids is 3. The van der Waals surface area contributed by atoms with Crippen LogP contribution in [0.3, 0.4) is 0 Å². The molecule has 0 saturated carbocycles. The lowest BCUT2D eigenvalue weighted by atomic mass is 9.80. The van der Waals surface area contributed by atoms with Gasteiger partial charge in [0, 0.05) is 38.2 Å². The normalized spacial score (nSPS) is 15.5. The highest BCUT2D eigenvalue weighted by atomic mass is 19.1. The van der Waals surface area contributed by atoms with Crippen molar-refractivity contribution in [3.8, 4) is 17.2 Å². The molecule has 4 rings (SSSR count). The summed E-state index contributed by atoms with van der Waals surface area (Å²) in [5.41, 5.74) is -1.22. The third-order valence-corrected chi connectivity index (χ3v) is 7.06. The zero-order valence-electron chi connectivity index (χ0n) is 23.8. The number of hydrogen-bond acceptors (Lipinski definition) is 9. The summed E-state index contributed by atoms with van der Waals surface area (Å²) < 4.78 is 30.2. The highest BCUT2D eigenvalue weighted by molar-refractivity contribution is 5.88. The molecule has 14 heteroatoms. The molecule has 0 unspecified atom stereocenters. The SMILES string of the molecule is CCOc1cc2c(cc1CN1CCC(NC(C)=O)(c3ccc(F)cc3)CC1)OCO2.O=C(O)CC(O)(CC(=O)O)C(=O)O. The van der Waals surface area contributed by atoms with Crippen LogP contribution in [0.4, 0.5) is 4.39 Å². The molecule has 43 heavy (non-hydrogen) atoms. The first kappa shape index (κ1) is 33.1. The Labute approximate surface area is 246 Å². The van der Waals surface area contributed by atoms with E-state index < -0.39 is 41.9 Å². The van der Waals surface area contributed by atoms with Gasteiger partial charge in [-0.1, -0.05) is 12.1 Å². The van der Waals surface area contributed by atoms with Crippen LogP contribution >= 0.6 is 0 Å². The van der Waals surface area contributed by atoms with E-state index in [-0.39, 0.29) is 18.5 Å². The number of benzene rings is 2. The average Bonchev–Trinajstić information content (AvgIpc) is 3.37. The van der Waals surface area contributed by atoms with E-state index in [0.29, 0.717) is 18.9 Å². The summed E-state index contributed by atoms with van der Waals surface area (Å²) in [5.74, 6) is -3.12. The number of rotatable bonds is 11. The van der Waals surface area contributed by atoms with Gasteiger partial charge in [-0.2, -0.15) is 0 Å². The number of aliphatic carboxylic acids is 3. The number of carbonyl (C=O) groups is 4. The molecule has 1 saturated heterocycles. The topological polar surface area (TPSA) is 192 Å². The van der Waals surface area contributed by atoms with E-state index in [1.807, 2.05) is 19.1 Å². The number of amides is 1. The van der Waals surface area contributed by atoms with Crippen LogP contribution in [0.2, 0.25) is 0 Å². The van der Waals surface area contributed by atoms with Gasteiger partial charge in [-0.15, -0.1) is 0 Å². The molecule has 0 aromatic heterocycles. The van der Waals surface area contributed by atoms with Gasteiger partial charge in [0.25, 0.3) is 0 Å². The standard InChI is InChI=1S/C23H27FN2O4.C6H8O7/c1-3-28-20-13-22-21(29-15-30-22)12-17(20)14-26-10-8-23(9-11-26,25-16(2)27)18-4-6-19(24)7-5-18;7-3(8)1-6(13,5(11)12)2-4(9)10/h4-7,12-13H,3,8-11,14-15H2,1-2H3,(H,25,27);13H,1-2H2,(H,7,8)(H,9,10)(H,11,12). The van der Waals surface area contributed by atoms with Crippen LogP contribution in [-0.4, -0.2) is 81.2 Å². The number of halogens is 1. The molecule has 0 spiro atoms. The fourth-order valence-electron chi connectivity index (χ4n) is 5.02. The smallest absolute Gasteiger partial charge is 0.336 e. The number of nitrogens with zero attached hydrogens (tertiary/aromatic N) is 1. The van der Waals surface area contributed by atoms with Crippen LogP contribution in [0.5, 0.6) is 17.2 Å². The van der Waals surface area contributed by atoms with Crippen LogP contribution in [0.25, 0.3) is 0 Å². The van der Waals surface area contributed by atoms with E-state index >= 15 is 0 Å². The minimum Gasteiger partial charge on any atom is -0.493 e. The van der Waals surface area contributed by atoms with Gasteiger partial charge in [-0.3, -0.25) is 19.3 Å². The number of piperidine rings is 1. The maximum absolute atomic E-state index is 13.4. The number of hydrogen-bond donors (Lipinski definition) is 5. The van der Waals surface area contributed by atoms with Gasteiger partial charge in [0.05, 0.1) is 25.0 Å². The molecule has 0 aliphatic carbocycles. The van der Waals surface area contributed by atoms with Gasteiger partial charge < -0.3 is 40.0 Å². The fraction of sp³-hybridized carbons (Fsp3) is 0.448. The predicted molar refractivity (Wildman–Crippen MR) is 147 cm³/mol. The first-order chi connectivity index (χ1) is 20.3. The van der Waals surface area contributed by atoms with Crippen LogP contribution in [0, 0.1) is 5.82 Å². The Balaban J connectivity index is 0.000000331. The first-order valence-electron chi connectivity index (χ1n) is 13.5. The van der Waals surface area contributed by atoms with Gasteiger partial charge in [0.15, 0.2) is 17.1 Å². The molecule has 2 aliphatic heterocycles. The minimum absolute atomic E-state index is 0.0813. The maximum atomic E-state index is 13.4. The van der Waals surface area contributed by atoms with Crippen molar-refractivity contribution in [3.05, 3.63) is 53.3 Å². The number of carboxylic acid groups (broad SMARTS) is 3. The van der Waals surface area contributed by atoms with Crippen molar-refractivity contribution in [3.63, 3.8) is 0 Å². The summed E-state index contributed by atoms with van der Waals surface area (Å²) >= 11 is 0. The molecule has 0 radical (unpaired) electrons. The van der Waals surface area contributed by atoms with Crippen molar-refractivity contribution >= 4 is 23.8 Å². The molecule has 2 heterocycles. The molecule has 0 atom stereocenters. The molecule has 234 valence electrons. The Morgan fingerprint density at radius 2 is 1.56 bits per heavy atom. The van der Waals surface area contributed by atoms with Gasteiger partial charge in [0.1, 0.15) is 11.6 Å². The van der Waals surface area contributed by atoms with Gasteiger partial charge in [0.2, 0.25) is 12.7 Å². The molecule has 1 fully saturated rings. The lowest BCUT2D eigenvalue weighted by Crippen LogP contribution is -2.52. The maximum Gasteiger partial charge on any atom is 0.336 e. The Hall–Kier alpha value is -4.43. The molecular weight excluding hydrogens is 571 g/mol. The van der Waals surface area contributed by atoms with E-state index in [2.05, 4.69) is 10.2 Å². The summed E-state index contributed by atoms with van der Waals surface area (Å²) in [6.45, 7) is 6.58. The average molecular weight is 607 g/mol. The molecule has 2 aromatic rings. The van der Waals surface area contributed by atoms with E-state index in [4.69, 9.17) is 34.6 Å². The van der Waals surface area contributed by atoms with Gasteiger partial charge in [-0.25, -0.2) is 9.18 Å². The van der Waals surface area contributed by atoms with Crippen molar-refractivity contribution in [2.75, 3.05) is 26.5 Å². The lowest BCUT2D eigenvalue weighted by molar-refractivity contribution is -0.170. The second-order valence-electron chi connectivity index (χ2n) is 10.3. The fourth-order valence-corrected chi connectivity index (χ4v) is 5.02. The molecule has 2 aliphatic rings. The van der Waals surface area contributed by atoms with Crippen molar-refractivity contribution in [1.29, 1.82) is 0 Å². The van der Waals surface area contributed by atoms with Crippen molar-refractivity contribution in [1.82, 2.24) is 10.2 Å². The number of nitrogens with one attached hydrogen (secondary N) is 1. The summed E-state index contributed by atoms with van der Waals surface area (Å²) in [6, 6.07) is 10.3. The van der Waals surface area contributed by atoms with Crippen molar-refractivity contribution in [2.45, 2.75) is 57.2 Å². The summed E-state index contributed by atoms with van der Waals surface area (Å²) in [4.78, 5) is 44.7. The lowest BCUT2D eigenvalue weighted by Gasteiger charge is -2.42. The Morgan fingerprint density at radius 1 is 1.00 bits per heavy atom. The molecule has 5 N–H and O–H groups in total. The van der Waals surface area contributed by atoms with E-state index in [0.717, 1.165) is 48.6 Å². The minimum atomic E-state index is -2.74. The third-order valence-electron chi connectivity index (χ3n) is 7.06. The van der Waals surface area contributed by atoms with Crippen LogP contribution in [0.15, 0.2) is 36.4 Å². The van der Waals surface area contributed by atoms with E-state index in [9.17, 15) is 23.6 Å². The Kier molecular flexibility index (Phi) is 10.9. The highest BCUT2D eigenvalue weighted by Crippen LogP contribution is 2.40. The highest BCUT2D eigenvalue weighted by Gasteiger charge is 2.41. The van der Waals surface area contributed by atoms with Crippen LogP contribution in [-0.2, 0) is 31.3 Å². The van der Waals surface area contributed by atoms with Crippen molar-refractivity contribution < 1.29 is 58.2 Å². The second-order valence-corrected chi connectivity index (χ2v) is 10.3. The summed E-state index contributed by atoms with van der Waals surface area (Å²) in [6.07, 6.45) is -0.803. The molecule has 2 aromatic carbocycles. The number of likely N-dealkylation sites (tertiary alicyclic amines) is 1. The van der Waals surface area contributed by atoms with E-state index in [1.165, 1.54) is 19.1 Å². The quantitative estimate of drug-likeness (QED) is 0.251. The van der Waals surface area contributed by atoms with Crippen molar-refractivity contribution in [2.24, 2.45) is 0 Å². The second kappa shape index (κ2) is 14.2. The molecule has 13 nitrogen and oxygen atoms in total.